The molecule has 3 nitrogen and oxygen atoms in total. The number of halogens is 1. The minimum atomic E-state index is -0.0317. The third-order valence-electron chi connectivity index (χ3n) is 4.76. The summed E-state index contributed by atoms with van der Waals surface area (Å²) in [5.41, 5.74) is 3.20. The van der Waals surface area contributed by atoms with Gasteiger partial charge in [0.25, 0.3) is 0 Å². The fourth-order valence-electron chi connectivity index (χ4n) is 3.47. The van der Waals surface area contributed by atoms with Crippen LogP contribution in [0, 0.1) is 17.8 Å². The number of rotatable bonds is 9. The second kappa shape index (κ2) is 9.24. The van der Waals surface area contributed by atoms with Crippen LogP contribution in [-0.2, 0) is 15.8 Å². The van der Waals surface area contributed by atoms with Crippen molar-refractivity contribution >= 4 is 5.91 Å². The first-order chi connectivity index (χ1) is 11.5. The number of hydrogen-bond acceptors (Lipinski definition) is 2. The van der Waals surface area contributed by atoms with Crippen LogP contribution in [0.5, 0.6) is 5.75 Å². The normalized spacial score (nSPS) is 12.4. The summed E-state index contributed by atoms with van der Waals surface area (Å²) in [6.45, 7) is 13.4. The molecule has 0 bridgehead atoms. The monoisotopic (exact) mass is 460 g/mol. The van der Waals surface area contributed by atoms with E-state index in [0.717, 1.165) is 28.4 Å². The number of carbonyl (C=O) groups excluding carboxylic acids is 1. The van der Waals surface area contributed by atoms with E-state index < -0.39 is 0 Å². The standard InChI is InChI=1S/C21H35INO2/c1-8-20(3,4)14-21(5,6)11-18(24)23-13-17-10-16(12-22-7)9-15(2)19(17)25/h9-10,25H,8,11-14H2,1-7H3,(H,23,24)/q-1. The van der Waals surface area contributed by atoms with Gasteiger partial charge in [0, 0.05) is 0 Å². The van der Waals surface area contributed by atoms with Gasteiger partial charge in [-0.1, -0.05) is 6.92 Å². The summed E-state index contributed by atoms with van der Waals surface area (Å²) in [5, 5.41) is 13.3. The molecule has 0 fully saturated rings. The first-order valence-electron chi connectivity index (χ1n) is 9.01. The number of carbonyl (C=O) groups is 1. The molecule has 1 aromatic carbocycles. The molecule has 0 heterocycles. The van der Waals surface area contributed by atoms with Crippen molar-refractivity contribution < 1.29 is 31.1 Å². The fraction of sp³-hybridized carbons (Fsp3) is 0.667. The summed E-state index contributed by atoms with van der Waals surface area (Å²) in [4.78, 5) is 14.7. The molecule has 1 amide bonds. The summed E-state index contributed by atoms with van der Waals surface area (Å²) in [6.07, 6.45) is 2.64. The predicted octanol–water partition coefficient (Wildman–Crippen LogP) is 1.78. The van der Waals surface area contributed by atoms with Gasteiger partial charge in [-0.3, -0.25) is 0 Å². The quantitative estimate of drug-likeness (QED) is 0.436. The average molecular weight is 460 g/mol. The van der Waals surface area contributed by atoms with Crippen molar-refractivity contribution in [3.8, 4) is 5.75 Å². The number of phenols is 1. The summed E-state index contributed by atoms with van der Waals surface area (Å²) in [6, 6.07) is 4.09. The molecule has 0 saturated carbocycles. The Labute approximate surface area is 164 Å². The van der Waals surface area contributed by atoms with Gasteiger partial charge in [0.2, 0.25) is 0 Å². The van der Waals surface area contributed by atoms with E-state index in [1.54, 1.807) is 0 Å². The van der Waals surface area contributed by atoms with Crippen molar-refractivity contribution in [1.29, 1.82) is 0 Å². The Morgan fingerprint density at radius 2 is 1.84 bits per heavy atom. The van der Waals surface area contributed by atoms with E-state index >= 15 is 0 Å². The van der Waals surface area contributed by atoms with Crippen molar-refractivity contribution in [2.45, 2.75) is 71.8 Å². The maximum atomic E-state index is 12.4. The van der Waals surface area contributed by atoms with Gasteiger partial charge in [-0.25, -0.2) is 0 Å². The van der Waals surface area contributed by atoms with E-state index in [-0.39, 0.29) is 37.9 Å². The SMILES string of the molecule is CCC(C)(C)CC(C)(C)CC(=O)NCc1cc(C[I-]C)cc(C)c1O. The molecule has 0 unspecified atom stereocenters. The summed E-state index contributed by atoms with van der Waals surface area (Å²) >= 11 is 0.167. The van der Waals surface area contributed by atoms with Crippen molar-refractivity contribution in [3.05, 3.63) is 28.8 Å². The zero-order valence-electron chi connectivity index (χ0n) is 16.9. The van der Waals surface area contributed by atoms with Crippen LogP contribution < -0.4 is 26.5 Å². The predicted molar refractivity (Wildman–Crippen MR) is 101 cm³/mol. The average Bonchev–Trinajstić information content (AvgIpc) is 2.48. The van der Waals surface area contributed by atoms with E-state index in [0.29, 0.717) is 18.7 Å². The summed E-state index contributed by atoms with van der Waals surface area (Å²) in [5.74, 6) is 0.368. The van der Waals surface area contributed by atoms with Crippen molar-refractivity contribution in [1.82, 2.24) is 5.32 Å². The van der Waals surface area contributed by atoms with Crippen LogP contribution in [0.1, 0.15) is 70.6 Å². The van der Waals surface area contributed by atoms with Crippen molar-refractivity contribution in [2.75, 3.05) is 4.93 Å². The number of hydrogen-bond donors (Lipinski definition) is 2. The fourth-order valence-corrected chi connectivity index (χ4v) is 4.79. The molecule has 4 heteroatoms. The molecule has 0 aliphatic heterocycles. The molecule has 0 aliphatic rings. The van der Waals surface area contributed by atoms with E-state index in [1.807, 2.05) is 13.0 Å². The molecular formula is C21H35INO2-. The van der Waals surface area contributed by atoms with Crippen molar-refractivity contribution in [2.24, 2.45) is 10.8 Å². The number of benzene rings is 1. The third kappa shape index (κ3) is 7.55. The second-order valence-electron chi connectivity index (χ2n) is 8.63. The molecule has 2 N–H and O–H groups in total. The number of aromatic hydroxyl groups is 1. The van der Waals surface area contributed by atoms with Crippen LogP contribution in [0.3, 0.4) is 0 Å². The molecule has 0 aliphatic carbocycles. The minimum absolute atomic E-state index is 0.0317. The number of amides is 1. The Bertz CT molecular complexity index is 594. The van der Waals surface area contributed by atoms with Crippen LogP contribution >= 0.6 is 0 Å². The Morgan fingerprint density at radius 3 is 2.40 bits per heavy atom. The van der Waals surface area contributed by atoms with E-state index in [4.69, 9.17) is 0 Å². The molecule has 0 saturated heterocycles. The van der Waals surface area contributed by atoms with Gasteiger partial charge in [0.1, 0.15) is 0 Å². The van der Waals surface area contributed by atoms with Crippen LogP contribution in [0.4, 0.5) is 0 Å². The number of phenolic OH excluding ortho intramolecular Hbond substituents is 1. The number of alkyl halides is 2. The zero-order valence-corrected chi connectivity index (χ0v) is 19.1. The molecule has 0 atom stereocenters. The van der Waals surface area contributed by atoms with Crippen LogP contribution in [-0.4, -0.2) is 15.9 Å². The molecule has 0 aromatic heterocycles. The van der Waals surface area contributed by atoms with Gasteiger partial charge in [-0.05, 0) is 0 Å². The van der Waals surface area contributed by atoms with Gasteiger partial charge in [0.15, 0.2) is 0 Å². The van der Waals surface area contributed by atoms with Crippen molar-refractivity contribution in [3.63, 3.8) is 0 Å². The van der Waals surface area contributed by atoms with E-state index in [9.17, 15) is 9.90 Å². The van der Waals surface area contributed by atoms with E-state index in [2.05, 4.69) is 50.9 Å². The Hall–Kier alpha value is -0.780. The second-order valence-corrected chi connectivity index (χ2v) is 10.9. The first kappa shape index (κ1) is 22.3. The van der Waals surface area contributed by atoms with Crippen LogP contribution in [0.15, 0.2) is 12.1 Å². The molecule has 25 heavy (non-hydrogen) atoms. The third-order valence-corrected chi connectivity index (χ3v) is 6.40. The molecular weight excluding hydrogens is 425 g/mol. The van der Waals surface area contributed by atoms with Crippen LogP contribution in [0.25, 0.3) is 0 Å². The molecule has 0 radical (unpaired) electrons. The van der Waals surface area contributed by atoms with Gasteiger partial charge in [0.05, 0.1) is 0 Å². The van der Waals surface area contributed by atoms with E-state index in [1.165, 1.54) is 5.56 Å². The topological polar surface area (TPSA) is 49.3 Å². The summed E-state index contributed by atoms with van der Waals surface area (Å²) < 4.78 is 1.10. The molecule has 144 valence electrons. The van der Waals surface area contributed by atoms with Gasteiger partial charge in [-0.15, -0.1) is 0 Å². The zero-order chi connectivity index (χ0) is 19.3. The molecule has 1 aromatic rings. The Morgan fingerprint density at radius 1 is 1.20 bits per heavy atom. The Kier molecular flexibility index (Phi) is 8.23. The maximum absolute atomic E-state index is 12.4. The molecule has 0 spiro atoms. The summed E-state index contributed by atoms with van der Waals surface area (Å²) in [7, 11) is 0. The first-order valence-corrected chi connectivity index (χ1v) is 12.7. The van der Waals surface area contributed by atoms with Gasteiger partial charge in [-0.2, -0.15) is 0 Å². The molecule has 1 rings (SSSR count). The number of aryl methyl sites for hydroxylation is 1. The number of nitrogens with one attached hydrogen (secondary N) is 1. The van der Waals surface area contributed by atoms with Crippen LogP contribution in [0.2, 0.25) is 0 Å². The van der Waals surface area contributed by atoms with Gasteiger partial charge < -0.3 is 0 Å². The van der Waals surface area contributed by atoms with Gasteiger partial charge >= 0.3 is 158 Å². The Balaban J connectivity index is 2.70.